The number of carbonyl (C=O) groups is 2. The van der Waals surface area contributed by atoms with E-state index in [0.29, 0.717) is 22.0 Å². The van der Waals surface area contributed by atoms with Gasteiger partial charge in [0.2, 0.25) is 0 Å². The quantitative estimate of drug-likeness (QED) is 0.362. The van der Waals surface area contributed by atoms with E-state index in [4.69, 9.17) is 21.1 Å². The molecule has 0 aliphatic carbocycles. The van der Waals surface area contributed by atoms with Crippen molar-refractivity contribution in [3.63, 3.8) is 0 Å². The maximum absolute atomic E-state index is 12.4. The van der Waals surface area contributed by atoms with Gasteiger partial charge in [0.1, 0.15) is 11.6 Å². The van der Waals surface area contributed by atoms with Crippen LogP contribution in [0.25, 0.3) is 6.08 Å². The third-order valence-corrected chi connectivity index (χ3v) is 3.95. The predicted molar refractivity (Wildman–Crippen MR) is 103 cm³/mol. The lowest BCUT2D eigenvalue weighted by Crippen LogP contribution is -2.13. The minimum atomic E-state index is -0.569. The minimum absolute atomic E-state index is 0.103. The van der Waals surface area contributed by atoms with Crippen LogP contribution < -0.4 is 14.8 Å². The number of nitrogens with one attached hydrogen (secondary N) is 1. The van der Waals surface area contributed by atoms with Gasteiger partial charge in [0.15, 0.2) is 11.5 Å². The fourth-order valence-electron chi connectivity index (χ4n) is 2.20. The highest BCUT2D eigenvalue weighted by atomic mass is 35.5. The fourth-order valence-corrected chi connectivity index (χ4v) is 2.38. The molecule has 0 unspecified atom stereocenters. The van der Waals surface area contributed by atoms with Gasteiger partial charge in [0, 0.05) is 17.6 Å². The summed E-state index contributed by atoms with van der Waals surface area (Å²) in [6.07, 6.45) is 1.41. The molecule has 2 rings (SSSR count). The van der Waals surface area contributed by atoms with Crippen LogP contribution in [-0.2, 0) is 9.59 Å². The van der Waals surface area contributed by atoms with Crippen molar-refractivity contribution in [1.29, 1.82) is 5.26 Å². The van der Waals surface area contributed by atoms with Crippen LogP contribution in [0.1, 0.15) is 18.1 Å². The molecular weight excluding hydrogens is 368 g/mol. The Balaban J connectivity index is 2.26. The fraction of sp³-hybridized carbons (Fsp3) is 0.150. The first-order valence-electron chi connectivity index (χ1n) is 7.89. The Morgan fingerprint density at radius 2 is 1.93 bits per heavy atom. The number of methoxy groups -OCH3 is 1. The van der Waals surface area contributed by atoms with Crippen molar-refractivity contribution in [2.75, 3.05) is 12.4 Å². The zero-order valence-electron chi connectivity index (χ0n) is 15.0. The molecular formula is C20H17ClN2O4. The minimum Gasteiger partial charge on any atom is -0.493 e. The van der Waals surface area contributed by atoms with E-state index in [2.05, 4.69) is 5.32 Å². The van der Waals surface area contributed by atoms with Crippen molar-refractivity contribution in [3.8, 4) is 17.6 Å². The summed E-state index contributed by atoms with van der Waals surface area (Å²) in [4.78, 5) is 23.5. The molecule has 0 heterocycles. The predicted octanol–water partition coefficient (Wildman–Crippen LogP) is 4.13. The van der Waals surface area contributed by atoms with Crippen molar-refractivity contribution < 1.29 is 19.1 Å². The molecule has 1 amide bonds. The molecule has 0 saturated heterocycles. The second kappa shape index (κ2) is 8.88. The lowest BCUT2D eigenvalue weighted by molar-refractivity contribution is -0.132. The van der Waals surface area contributed by atoms with Crippen molar-refractivity contribution >= 4 is 35.2 Å². The molecule has 0 radical (unpaired) electrons. The summed E-state index contributed by atoms with van der Waals surface area (Å²) in [5, 5.41) is 12.5. The third-order valence-electron chi connectivity index (χ3n) is 3.55. The van der Waals surface area contributed by atoms with Gasteiger partial charge in [0.25, 0.3) is 5.91 Å². The second-order valence-corrected chi connectivity index (χ2v) is 6.00. The molecule has 0 atom stereocenters. The Morgan fingerprint density at radius 1 is 1.19 bits per heavy atom. The Labute approximate surface area is 162 Å². The van der Waals surface area contributed by atoms with Crippen LogP contribution in [-0.4, -0.2) is 19.0 Å². The Bertz CT molecular complexity index is 961. The topological polar surface area (TPSA) is 88.4 Å². The molecule has 0 fully saturated rings. The van der Waals surface area contributed by atoms with E-state index in [1.807, 2.05) is 13.0 Å². The number of ether oxygens (including phenoxy) is 2. The number of rotatable bonds is 5. The van der Waals surface area contributed by atoms with Crippen molar-refractivity contribution in [2.24, 2.45) is 0 Å². The number of carbonyl (C=O) groups excluding carboxylic acids is 2. The van der Waals surface area contributed by atoms with Gasteiger partial charge < -0.3 is 14.8 Å². The molecule has 0 aliphatic rings. The summed E-state index contributed by atoms with van der Waals surface area (Å²) in [5.41, 5.74) is 1.80. The van der Waals surface area contributed by atoms with Gasteiger partial charge in [-0.2, -0.15) is 5.26 Å². The standard InChI is InChI=1S/C20H17ClN2O4/c1-12-4-6-16(10-17(12)21)23-20(25)15(11-22)8-14-5-7-18(27-13(2)24)19(9-14)26-3/h4-10H,1-3H3,(H,23,25)/b15-8-. The monoisotopic (exact) mass is 384 g/mol. The van der Waals surface area contributed by atoms with Gasteiger partial charge in [-0.05, 0) is 48.4 Å². The van der Waals surface area contributed by atoms with Crippen LogP contribution in [0.5, 0.6) is 11.5 Å². The summed E-state index contributed by atoms with van der Waals surface area (Å²) >= 11 is 6.04. The molecule has 0 spiro atoms. The number of hydrogen-bond donors (Lipinski definition) is 1. The summed E-state index contributed by atoms with van der Waals surface area (Å²) in [6.45, 7) is 3.13. The number of esters is 1. The molecule has 0 aromatic heterocycles. The normalized spacial score (nSPS) is 10.7. The summed E-state index contributed by atoms with van der Waals surface area (Å²) in [6, 6.07) is 11.6. The average molecular weight is 385 g/mol. The summed E-state index contributed by atoms with van der Waals surface area (Å²) < 4.78 is 10.2. The number of nitrogens with zero attached hydrogens (tertiary/aromatic N) is 1. The lowest BCUT2D eigenvalue weighted by Gasteiger charge is -2.09. The van der Waals surface area contributed by atoms with Crippen molar-refractivity contribution in [2.45, 2.75) is 13.8 Å². The van der Waals surface area contributed by atoms with E-state index in [1.54, 1.807) is 30.3 Å². The van der Waals surface area contributed by atoms with E-state index in [0.717, 1.165) is 5.56 Å². The SMILES string of the molecule is COc1cc(/C=C(/C#N)C(=O)Nc2ccc(C)c(Cl)c2)ccc1OC(C)=O. The first-order valence-corrected chi connectivity index (χ1v) is 8.27. The molecule has 6 nitrogen and oxygen atoms in total. The van der Waals surface area contributed by atoms with E-state index in [-0.39, 0.29) is 11.3 Å². The van der Waals surface area contributed by atoms with E-state index in [9.17, 15) is 14.9 Å². The van der Waals surface area contributed by atoms with Gasteiger partial charge in [-0.1, -0.05) is 23.7 Å². The molecule has 27 heavy (non-hydrogen) atoms. The number of amides is 1. The first-order chi connectivity index (χ1) is 12.8. The molecule has 0 bridgehead atoms. The molecule has 1 N–H and O–H groups in total. The highest BCUT2D eigenvalue weighted by Crippen LogP contribution is 2.29. The molecule has 0 saturated carbocycles. The van der Waals surface area contributed by atoms with Crippen LogP contribution in [0, 0.1) is 18.3 Å². The summed E-state index contributed by atoms with van der Waals surface area (Å²) in [7, 11) is 1.43. The van der Waals surface area contributed by atoms with E-state index in [1.165, 1.54) is 26.2 Å². The van der Waals surface area contributed by atoms with Crippen LogP contribution in [0.3, 0.4) is 0 Å². The zero-order valence-corrected chi connectivity index (χ0v) is 15.8. The van der Waals surface area contributed by atoms with Gasteiger partial charge in [-0.25, -0.2) is 0 Å². The number of nitriles is 1. The molecule has 2 aromatic rings. The van der Waals surface area contributed by atoms with Gasteiger partial charge in [-0.3, -0.25) is 9.59 Å². The van der Waals surface area contributed by atoms with E-state index >= 15 is 0 Å². The smallest absolute Gasteiger partial charge is 0.308 e. The number of hydrogen-bond acceptors (Lipinski definition) is 5. The molecule has 7 heteroatoms. The van der Waals surface area contributed by atoms with Crippen molar-refractivity contribution in [1.82, 2.24) is 0 Å². The molecule has 138 valence electrons. The number of anilines is 1. The highest BCUT2D eigenvalue weighted by molar-refractivity contribution is 6.31. The van der Waals surface area contributed by atoms with Crippen LogP contribution in [0.2, 0.25) is 5.02 Å². The molecule has 2 aromatic carbocycles. The first kappa shape index (κ1) is 20.0. The second-order valence-electron chi connectivity index (χ2n) is 5.59. The third kappa shape index (κ3) is 5.33. The Kier molecular flexibility index (Phi) is 6.58. The van der Waals surface area contributed by atoms with Gasteiger partial charge in [0.05, 0.1) is 7.11 Å². The summed E-state index contributed by atoms with van der Waals surface area (Å²) in [5.74, 6) is -0.493. The number of benzene rings is 2. The average Bonchev–Trinajstić information content (AvgIpc) is 2.63. The molecule has 0 aliphatic heterocycles. The zero-order chi connectivity index (χ0) is 20.0. The van der Waals surface area contributed by atoms with E-state index < -0.39 is 11.9 Å². The lowest BCUT2D eigenvalue weighted by atomic mass is 10.1. The Hall–Kier alpha value is -3.30. The van der Waals surface area contributed by atoms with Crippen LogP contribution in [0.15, 0.2) is 42.0 Å². The van der Waals surface area contributed by atoms with Gasteiger partial charge in [-0.15, -0.1) is 0 Å². The van der Waals surface area contributed by atoms with Gasteiger partial charge >= 0.3 is 5.97 Å². The largest absolute Gasteiger partial charge is 0.493 e. The number of halogens is 1. The highest BCUT2D eigenvalue weighted by Gasteiger charge is 2.12. The maximum atomic E-state index is 12.4. The van der Waals surface area contributed by atoms with Crippen LogP contribution in [0.4, 0.5) is 5.69 Å². The van der Waals surface area contributed by atoms with Crippen molar-refractivity contribution in [3.05, 3.63) is 58.1 Å². The maximum Gasteiger partial charge on any atom is 0.308 e. The number of aryl methyl sites for hydroxylation is 1. The Morgan fingerprint density at radius 3 is 2.52 bits per heavy atom. The van der Waals surface area contributed by atoms with Crippen LogP contribution >= 0.6 is 11.6 Å².